The zero-order chi connectivity index (χ0) is 10.6. The molecule has 0 spiro atoms. The molecule has 0 amide bonds. The van der Waals surface area contributed by atoms with Crippen LogP contribution in [0.15, 0.2) is 6.20 Å². The summed E-state index contributed by atoms with van der Waals surface area (Å²) in [4.78, 5) is 18.4. The quantitative estimate of drug-likeness (QED) is 0.749. The summed E-state index contributed by atoms with van der Waals surface area (Å²) in [5.74, 6) is -0.351. The third-order valence-electron chi connectivity index (χ3n) is 1.85. The van der Waals surface area contributed by atoms with Crippen molar-refractivity contribution in [2.24, 2.45) is 0 Å². The second-order valence-corrected chi connectivity index (χ2v) is 3.03. The van der Waals surface area contributed by atoms with E-state index in [4.69, 9.17) is 5.11 Å². The average molecular weight is 195 g/mol. The number of nitrogens with one attached hydrogen (secondary N) is 1. The van der Waals surface area contributed by atoms with Crippen LogP contribution in [0.2, 0.25) is 0 Å². The first kappa shape index (κ1) is 10.4. The molecule has 0 fully saturated rings. The molecule has 0 saturated heterocycles. The fourth-order valence-corrected chi connectivity index (χ4v) is 0.894. The van der Waals surface area contributed by atoms with Crippen molar-refractivity contribution < 1.29 is 9.90 Å². The van der Waals surface area contributed by atoms with E-state index in [1.54, 1.807) is 6.20 Å². The summed E-state index contributed by atoms with van der Waals surface area (Å²) in [5, 5.41) is 11.3. The normalized spacial score (nSPS) is 9.86. The van der Waals surface area contributed by atoms with Gasteiger partial charge in [0.1, 0.15) is 0 Å². The summed E-state index contributed by atoms with van der Waals surface area (Å²) in [6, 6.07) is 0. The maximum absolute atomic E-state index is 10.2. The highest BCUT2D eigenvalue weighted by molar-refractivity contribution is 5.67. The van der Waals surface area contributed by atoms with Crippen LogP contribution in [0.1, 0.15) is 17.7 Å². The molecule has 0 aliphatic heterocycles. The van der Waals surface area contributed by atoms with Crippen molar-refractivity contribution >= 4 is 11.9 Å². The SMILES string of the molecule is Cc1cnc(NCCC(=O)O)nc1C. The Hall–Kier alpha value is -1.65. The Kier molecular flexibility index (Phi) is 3.39. The molecule has 1 aromatic heterocycles. The fraction of sp³-hybridized carbons (Fsp3) is 0.444. The number of nitrogens with zero attached hydrogens (tertiary/aromatic N) is 2. The molecule has 0 bridgehead atoms. The van der Waals surface area contributed by atoms with Gasteiger partial charge < -0.3 is 10.4 Å². The summed E-state index contributed by atoms with van der Waals surface area (Å²) in [7, 11) is 0. The Balaban J connectivity index is 2.51. The van der Waals surface area contributed by atoms with Crippen molar-refractivity contribution in [2.75, 3.05) is 11.9 Å². The van der Waals surface area contributed by atoms with Crippen LogP contribution in [0.4, 0.5) is 5.95 Å². The van der Waals surface area contributed by atoms with Crippen LogP contribution >= 0.6 is 0 Å². The van der Waals surface area contributed by atoms with Gasteiger partial charge in [-0.15, -0.1) is 0 Å². The van der Waals surface area contributed by atoms with Gasteiger partial charge in [0.15, 0.2) is 0 Å². The van der Waals surface area contributed by atoms with E-state index < -0.39 is 5.97 Å². The smallest absolute Gasteiger partial charge is 0.305 e. The van der Waals surface area contributed by atoms with E-state index in [1.807, 2.05) is 13.8 Å². The highest BCUT2D eigenvalue weighted by Gasteiger charge is 2.00. The second-order valence-electron chi connectivity index (χ2n) is 3.03. The van der Waals surface area contributed by atoms with Gasteiger partial charge in [0.25, 0.3) is 0 Å². The van der Waals surface area contributed by atoms with Gasteiger partial charge in [-0.3, -0.25) is 4.79 Å². The fourth-order valence-electron chi connectivity index (χ4n) is 0.894. The summed E-state index contributed by atoms with van der Waals surface area (Å²) in [6.45, 7) is 4.16. The van der Waals surface area contributed by atoms with Gasteiger partial charge in [0, 0.05) is 18.4 Å². The first-order chi connectivity index (χ1) is 6.59. The Morgan fingerprint density at radius 2 is 2.29 bits per heavy atom. The van der Waals surface area contributed by atoms with Gasteiger partial charge in [-0.2, -0.15) is 0 Å². The highest BCUT2D eigenvalue weighted by atomic mass is 16.4. The molecule has 1 aromatic rings. The van der Waals surface area contributed by atoms with Crippen LogP contribution in [0.25, 0.3) is 0 Å². The van der Waals surface area contributed by atoms with E-state index in [0.717, 1.165) is 11.3 Å². The first-order valence-electron chi connectivity index (χ1n) is 4.35. The molecular formula is C9H13N3O2. The van der Waals surface area contributed by atoms with Crippen molar-refractivity contribution in [2.45, 2.75) is 20.3 Å². The molecule has 0 saturated carbocycles. The number of aromatic nitrogens is 2. The van der Waals surface area contributed by atoms with E-state index in [1.165, 1.54) is 0 Å². The van der Waals surface area contributed by atoms with Crippen molar-refractivity contribution in [3.05, 3.63) is 17.5 Å². The number of anilines is 1. The Bertz CT molecular complexity index is 339. The zero-order valence-electron chi connectivity index (χ0n) is 8.24. The van der Waals surface area contributed by atoms with Crippen LogP contribution in [0.5, 0.6) is 0 Å². The molecule has 0 aromatic carbocycles. The molecule has 1 heterocycles. The third kappa shape index (κ3) is 3.01. The molecule has 2 N–H and O–H groups in total. The minimum atomic E-state index is -0.832. The summed E-state index contributed by atoms with van der Waals surface area (Å²) in [5.41, 5.74) is 1.92. The molecule has 0 unspecified atom stereocenters. The van der Waals surface area contributed by atoms with Crippen molar-refractivity contribution in [1.82, 2.24) is 9.97 Å². The summed E-state index contributed by atoms with van der Waals surface area (Å²) < 4.78 is 0. The number of carbonyl (C=O) groups is 1. The predicted molar refractivity (Wildman–Crippen MR) is 52.2 cm³/mol. The van der Waals surface area contributed by atoms with Crippen LogP contribution in [0.3, 0.4) is 0 Å². The van der Waals surface area contributed by atoms with Gasteiger partial charge in [-0.25, -0.2) is 9.97 Å². The van der Waals surface area contributed by atoms with E-state index in [2.05, 4.69) is 15.3 Å². The molecule has 5 heteroatoms. The minimum Gasteiger partial charge on any atom is -0.481 e. The van der Waals surface area contributed by atoms with Gasteiger partial charge in [-0.05, 0) is 19.4 Å². The monoisotopic (exact) mass is 195 g/mol. The lowest BCUT2D eigenvalue weighted by molar-refractivity contribution is -0.136. The topological polar surface area (TPSA) is 75.1 Å². The van der Waals surface area contributed by atoms with Crippen molar-refractivity contribution in [3.8, 4) is 0 Å². The molecule has 0 aliphatic rings. The summed E-state index contributed by atoms with van der Waals surface area (Å²) >= 11 is 0. The highest BCUT2D eigenvalue weighted by Crippen LogP contribution is 2.04. The van der Waals surface area contributed by atoms with E-state index in [0.29, 0.717) is 12.5 Å². The van der Waals surface area contributed by atoms with Crippen molar-refractivity contribution in [1.29, 1.82) is 0 Å². The minimum absolute atomic E-state index is 0.0658. The van der Waals surface area contributed by atoms with E-state index >= 15 is 0 Å². The number of hydrogen-bond donors (Lipinski definition) is 2. The van der Waals surface area contributed by atoms with Gasteiger partial charge in [-0.1, -0.05) is 0 Å². The number of aryl methyl sites for hydroxylation is 2. The molecule has 0 atom stereocenters. The molecule has 14 heavy (non-hydrogen) atoms. The van der Waals surface area contributed by atoms with E-state index in [9.17, 15) is 4.79 Å². The zero-order valence-corrected chi connectivity index (χ0v) is 8.24. The molecule has 0 radical (unpaired) electrons. The first-order valence-corrected chi connectivity index (χ1v) is 4.35. The van der Waals surface area contributed by atoms with Gasteiger partial charge in [0.2, 0.25) is 5.95 Å². The average Bonchev–Trinajstić information content (AvgIpc) is 2.10. The number of carboxylic acids is 1. The Morgan fingerprint density at radius 3 is 2.86 bits per heavy atom. The van der Waals surface area contributed by atoms with E-state index in [-0.39, 0.29) is 6.42 Å². The molecule has 0 aliphatic carbocycles. The lowest BCUT2D eigenvalue weighted by atomic mass is 10.3. The molecular weight excluding hydrogens is 182 g/mol. The Morgan fingerprint density at radius 1 is 1.57 bits per heavy atom. The number of rotatable bonds is 4. The maximum Gasteiger partial charge on any atom is 0.305 e. The van der Waals surface area contributed by atoms with Gasteiger partial charge in [0.05, 0.1) is 6.42 Å². The lowest BCUT2D eigenvalue weighted by Gasteiger charge is -2.04. The van der Waals surface area contributed by atoms with Crippen LogP contribution in [-0.2, 0) is 4.79 Å². The predicted octanol–water partition coefficient (Wildman–Crippen LogP) is 0.980. The standard InChI is InChI=1S/C9H13N3O2/c1-6-5-11-9(12-7(6)2)10-4-3-8(13)14/h5H,3-4H2,1-2H3,(H,13,14)(H,10,11,12). The Labute approximate surface area is 82.2 Å². The number of hydrogen-bond acceptors (Lipinski definition) is 4. The van der Waals surface area contributed by atoms with Crippen LogP contribution in [-0.4, -0.2) is 27.6 Å². The molecule has 1 rings (SSSR count). The number of carboxylic acid groups (broad SMARTS) is 1. The number of aliphatic carboxylic acids is 1. The van der Waals surface area contributed by atoms with Gasteiger partial charge >= 0.3 is 5.97 Å². The third-order valence-corrected chi connectivity index (χ3v) is 1.85. The van der Waals surface area contributed by atoms with Crippen LogP contribution in [0, 0.1) is 13.8 Å². The lowest BCUT2D eigenvalue weighted by Crippen LogP contribution is -2.10. The largest absolute Gasteiger partial charge is 0.481 e. The second kappa shape index (κ2) is 4.55. The van der Waals surface area contributed by atoms with Crippen molar-refractivity contribution in [3.63, 3.8) is 0 Å². The molecule has 5 nitrogen and oxygen atoms in total. The maximum atomic E-state index is 10.2. The van der Waals surface area contributed by atoms with Crippen LogP contribution < -0.4 is 5.32 Å². The summed E-state index contributed by atoms with van der Waals surface area (Å²) in [6.07, 6.45) is 1.78. The molecule has 76 valence electrons.